The van der Waals surface area contributed by atoms with Gasteiger partial charge in [0.15, 0.2) is 5.69 Å². The minimum atomic E-state index is -4.93. The van der Waals surface area contributed by atoms with Crippen molar-refractivity contribution in [3.8, 4) is 5.69 Å². The van der Waals surface area contributed by atoms with Crippen molar-refractivity contribution in [3.05, 3.63) is 41.5 Å². The molecular formula is C14H12F3N3O6. The van der Waals surface area contributed by atoms with Crippen LogP contribution in [0.5, 0.6) is 0 Å². The van der Waals surface area contributed by atoms with E-state index in [4.69, 9.17) is 10.4 Å². The number of ether oxygens (including phenoxy) is 2. The SMILES string of the molecule is COC(=O)c1cn(-c2cc(C(=O)OC)c(N(O)O)cc2C(F)(F)F)cn1. The average Bonchev–Trinajstić information content (AvgIpc) is 3.08. The highest BCUT2D eigenvalue weighted by atomic mass is 19.4. The summed E-state index contributed by atoms with van der Waals surface area (Å²) in [5, 5.41) is 17.7. The second kappa shape index (κ2) is 7.01. The van der Waals surface area contributed by atoms with Gasteiger partial charge in [-0.25, -0.2) is 14.6 Å². The number of alkyl halides is 3. The molecule has 1 heterocycles. The third-order valence-electron chi connectivity index (χ3n) is 3.30. The molecule has 0 atom stereocenters. The minimum Gasteiger partial charge on any atom is -0.465 e. The largest absolute Gasteiger partial charge is 0.465 e. The first-order valence-electron chi connectivity index (χ1n) is 6.74. The van der Waals surface area contributed by atoms with Crippen LogP contribution < -0.4 is 5.23 Å². The fourth-order valence-corrected chi connectivity index (χ4v) is 2.12. The summed E-state index contributed by atoms with van der Waals surface area (Å²) in [5.74, 6) is -1.99. The minimum absolute atomic E-state index is 0.268. The Morgan fingerprint density at radius 1 is 1.15 bits per heavy atom. The highest BCUT2D eigenvalue weighted by Gasteiger charge is 2.36. The van der Waals surface area contributed by atoms with Gasteiger partial charge in [-0.2, -0.15) is 13.2 Å². The maximum Gasteiger partial charge on any atom is 0.418 e. The first-order valence-corrected chi connectivity index (χ1v) is 6.74. The number of hydrogen-bond acceptors (Lipinski definition) is 8. The van der Waals surface area contributed by atoms with Crippen molar-refractivity contribution < 1.29 is 42.6 Å². The van der Waals surface area contributed by atoms with E-state index >= 15 is 0 Å². The van der Waals surface area contributed by atoms with E-state index in [9.17, 15) is 22.8 Å². The predicted octanol–water partition coefficient (Wildman–Crippen LogP) is 2.05. The van der Waals surface area contributed by atoms with Gasteiger partial charge in [0.05, 0.1) is 31.0 Å². The summed E-state index contributed by atoms with van der Waals surface area (Å²) in [6.45, 7) is 0. The van der Waals surface area contributed by atoms with Gasteiger partial charge in [-0.1, -0.05) is 0 Å². The first-order chi connectivity index (χ1) is 12.1. The average molecular weight is 375 g/mol. The van der Waals surface area contributed by atoms with Crippen molar-refractivity contribution in [2.45, 2.75) is 6.18 Å². The van der Waals surface area contributed by atoms with E-state index in [-0.39, 0.29) is 5.69 Å². The third kappa shape index (κ3) is 3.60. The van der Waals surface area contributed by atoms with Crippen LogP contribution in [0.25, 0.3) is 5.69 Å². The summed E-state index contributed by atoms with van der Waals surface area (Å²) in [7, 11) is 2.04. The van der Waals surface area contributed by atoms with Crippen molar-refractivity contribution >= 4 is 17.6 Å². The van der Waals surface area contributed by atoms with Crippen LogP contribution in [0.15, 0.2) is 24.7 Å². The van der Waals surface area contributed by atoms with E-state index in [1.807, 2.05) is 0 Å². The van der Waals surface area contributed by atoms with Gasteiger partial charge in [0, 0.05) is 6.20 Å². The Morgan fingerprint density at radius 2 is 1.77 bits per heavy atom. The molecule has 140 valence electrons. The van der Waals surface area contributed by atoms with Crippen molar-refractivity contribution in [2.75, 3.05) is 19.4 Å². The number of carbonyl (C=O) groups excluding carboxylic acids is 2. The van der Waals surface area contributed by atoms with Crippen LogP contribution in [0, 0.1) is 0 Å². The van der Waals surface area contributed by atoms with Gasteiger partial charge < -0.3 is 14.0 Å². The molecule has 0 radical (unpaired) electrons. The van der Waals surface area contributed by atoms with E-state index in [0.29, 0.717) is 6.07 Å². The number of benzene rings is 1. The Morgan fingerprint density at radius 3 is 2.27 bits per heavy atom. The van der Waals surface area contributed by atoms with Crippen molar-refractivity contribution in [1.82, 2.24) is 9.55 Å². The zero-order chi connectivity index (χ0) is 19.6. The second-order valence-corrected chi connectivity index (χ2v) is 4.82. The second-order valence-electron chi connectivity index (χ2n) is 4.82. The summed E-state index contributed by atoms with van der Waals surface area (Å²) in [5.41, 5.74) is -3.58. The number of hydrogen-bond donors (Lipinski definition) is 2. The molecule has 0 spiro atoms. The standard InChI is InChI=1S/C14H12F3N3O6/c1-25-12(21)7-3-11(19-5-9(18-6-19)13(22)26-2)8(14(15,16)17)4-10(7)20(23)24/h3-6,23-24H,1-2H3. The third-order valence-corrected chi connectivity index (χ3v) is 3.30. The van der Waals surface area contributed by atoms with Crippen LogP contribution in [-0.4, -0.2) is 46.1 Å². The molecule has 0 aliphatic rings. The summed E-state index contributed by atoms with van der Waals surface area (Å²) in [6.07, 6.45) is -3.05. The molecule has 2 N–H and O–H groups in total. The van der Waals surface area contributed by atoms with Crippen LogP contribution in [0.4, 0.5) is 18.9 Å². The van der Waals surface area contributed by atoms with Crippen molar-refractivity contribution in [3.63, 3.8) is 0 Å². The van der Waals surface area contributed by atoms with Crippen LogP contribution in [0.3, 0.4) is 0 Å². The van der Waals surface area contributed by atoms with E-state index in [2.05, 4.69) is 14.5 Å². The molecule has 26 heavy (non-hydrogen) atoms. The molecule has 0 saturated heterocycles. The lowest BCUT2D eigenvalue weighted by atomic mass is 10.1. The maximum absolute atomic E-state index is 13.4. The normalized spacial score (nSPS) is 11.2. The molecule has 0 fully saturated rings. The topological polar surface area (TPSA) is 114 Å². The predicted molar refractivity (Wildman–Crippen MR) is 77.3 cm³/mol. The number of carbonyl (C=O) groups is 2. The van der Waals surface area contributed by atoms with E-state index in [1.165, 1.54) is 0 Å². The van der Waals surface area contributed by atoms with Gasteiger partial charge in [0.25, 0.3) is 0 Å². The molecule has 0 amide bonds. The molecule has 2 aromatic rings. The van der Waals surface area contributed by atoms with Gasteiger partial charge in [-0.3, -0.25) is 10.4 Å². The Balaban J connectivity index is 2.75. The molecule has 0 unspecified atom stereocenters. The first kappa shape index (κ1) is 19.2. The number of imidazole rings is 1. The molecule has 12 heteroatoms. The fourth-order valence-electron chi connectivity index (χ4n) is 2.12. The lowest BCUT2D eigenvalue weighted by Crippen LogP contribution is -2.20. The quantitative estimate of drug-likeness (QED) is 0.617. The number of rotatable bonds is 4. The monoisotopic (exact) mass is 375 g/mol. The summed E-state index contributed by atoms with van der Waals surface area (Å²) in [6, 6.07) is 1.07. The highest BCUT2D eigenvalue weighted by Crippen LogP contribution is 2.38. The smallest absolute Gasteiger partial charge is 0.418 e. The van der Waals surface area contributed by atoms with Gasteiger partial charge in [0.1, 0.15) is 12.0 Å². The van der Waals surface area contributed by atoms with Crippen LogP contribution in [-0.2, 0) is 15.7 Å². The lowest BCUT2D eigenvalue weighted by molar-refractivity contribution is -0.137. The summed E-state index contributed by atoms with van der Waals surface area (Å²) in [4.78, 5) is 26.9. The van der Waals surface area contributed by atoms with Crippen molar-refractivity contribution in [1.29, 1.82) is 0 Å². The van der Waals surface area contributed by atoms with Crippen LogP contribution in [0.1, 0.15) is 26.4 Å². The Hall–Kier alpha value is -3.12. The fraction of sp³-hybridized carbons (Fsp3) is 0.214. The van der Waals surface area contributed by atoms with Gasteiger partial charge in [-0.15, -0.1) is 5.23 Å². The Labute approximate surface area is 143 Å². The molecule has 1 aromatic heterocycles. The molecule has 0 saturated carbocycles. The zero-order valence-corrected chi connectivity index (χ0v) is 13.3. The number of halogens is 3. The molecular weight excluding hydrogens is 363 g/mol. The summed E-state index contributed by atoms with van der Waals surface area (Å²) < 4.78 is 49.9. The highest BCUT2D eigenvalue weighted by molar-refractivity contribution is 5.96. The maximum atomic E-state index is 13.4. The Kier molecular flexibility index (Phi) is 5.18. The van der Waals surface area contributed by atoms with Gasteiger partial charge in [0.2, 0.25) is 0 Å². The zero-order valence-electron chi connectivity index (χ0n) is 13.3. The Bertz CT molecular complexity index is 847. The molecule has 1 aromatic carbocycles. The molecule has 0 aliphatic carbocycles. The lowest BCUT2D eigenvalue weighted by Gasteiger charge is -2.19. The molecule has 0 bridgehead atoms. The number of aromatic nitrogens is 2. The number of esters is 2. The summed E-state index contributed by atoms with van der Waals surface area (Å²) >= 11 is 0. The van der Waals surface area contributed by atoms with Gasteiger partial charge >= 0.3 is 18.1 Å². The van der Waals surface area contributed by atoms with E-state index < -0.39 is 45.8 Å². The van der Waals surface area contributed by atoms with E-state index in [0.717, 1.165) is 37.4 Å². The molecule has 0 aliphatic heterocycles. The van der Waals surface area contributed by atoms with Gasteiger partial charge in [-0.05, 0) is 12.1 Å². The van der Waals surface area contributed by atoms with E-state index in [1.54, 1.807) is 0 Å². The van der Waals surface area contributed by atoms with Crippen LogP contribution >= 0.6 is 0 Å². The van der Waals surface area contributed by atoms with Crippen molar-refractivity contribution in [2.24, 2.45) is 0 Å². The molecule has 2 rings (SSSR count). The number of anilines is 1. The van der Waals surface area contributed by atoms with Crippen LogP contribution in [0.2, 0.25) is 0 Å². The number of nitrogens with zero attached hydrogens (tertiary/aromatic N) is 3. The molecule has 9 nitrogen and oxygen atoms in total. The number of methoxy groups -OCH3 is 2.